The van der Waals surface area contributed by atoms with Gasteiger partial charge in [-0.3, -0.25) is 4.79 Å². The lowest BCUT2D eigenvalue weighted by Crippen LogP contribution is -2.29. The van der Waals surface area contributed by atoms with Gasteiger partial charge in [0.1, 0.15) is 11.6 Å². The number of amides is 1. The summed E-state index contributed by atoms with van der Waals surface area (Å²) >= 11 is 0. The minimum atomic E-state index is -0.212. The monoisotopic (exact) mass is 337 g/mol. The number of nitrogens with one attached hydrogen (secondary N) is 1. The first-order valence-corrected chi connectivity index (χ1v) is 8.54. The van der Waals surface area contributed by atoms with Gasteiger partial charge in [-0.1, -0.05) is 31.2 Å². The number of hydrogen-bond acceptors (Lipinski definition) is 3. The molecule has 3 rings (SSSR count). The number of rotatable bonds is 6. The van der Waals surface area contributed by atoms with Gasteiger partial charge in [-0.05, 0) is 37.6 Å². The fourth-order valence-corrected chi connectivity index (χ4v) is 3.05. The van der Waals surface area contributed by atoms with Gasteiger partial charge in [0.2, 0.25) is 0 Å². The molecule has 1 unspecified atom stereocenters. The van der Waals surface area contributed by atoms with E-state index in [0.717, 1.165) is 29.8 Å². The van der Waals surface area contributed by atoms with Crippen LogP contribution in [0.5, 0.6) is 5.75 Å². The van der Waals surface area contributed by atoms with Crippen LogP contribution in [0.1, 0.15) is 42.5 Å². The van der Waals surface area contributed by atoms with E-state index in [-0.39, 0.29) is 11.9 Å². The third kappa shape index (κ3) is 3.36. The molecule has 1 atom stereocenters. The zero-order valence-corrected chi connectivity index (χ0v) is 14.8. The Bertz CT molecular complexity index is 886. The number of hydrogen-bond donors (Lipinski definition) is 1. The van der Waals surface area contributed by atoms with Crippen LogP contribution in [-0.4, -0.2) is 22.6 Å². The summed E-state index contributed by atoms with van der Waals surface area (Å²) in [4.78, 5) is 17.4. The molecule has 1 N–H and O–H groups in total. The van der Waals surface area contributed by atoms with Crippen LogP contribution in [0, 0.1) is 0 Å². The number of aromatic nitrogens is 2. The predicted octanol–water partition coefficient (Wildman–Crippen LogP) is 3.95. The molecular weight excluding hydrogens is 314 g/mol. The van der Waals surface area contributed by atoms with E-state index in [0.29, 0.717) is 11.3 Å². The first-order valence-electron chi connectivity index (χ1n) is 8.54. The van der Waals surface area contributed by atoms with Crippen molar-refractivity contribution in [2.75, 3.05) is 7.11 Å². The molecule has 2 aromatic carbocycles. The van der Waals surface area contributed by atoms with Crippen LogP contribution in [0.15, 0.2) is 48.5 Å². The number of para-hydroxylation sites is 3. The molecule has 0 saturated carbocycles. The summed E-state index contributed by atoms with van der Waals surface area (Å²) in [7, 11) is 1.57. The number of nitrogens with zero attached hydrogens (tertiary/aromatic N) is 2. The Labute approximate surface area is 147 Å². The van der Waals surface area contributed by atoms with E-state index in [4.69, 9.17) is 9.72 Å². The van der Waals surface area contributed by atoms with Crippen LogP contribution in [0.3, 0.4) is 0 Å². The molecular formula is C20H23N3O2. The van der Waals surface area contributed by atoms with Gasteiger partial charge in [0.15, 0.2) is 0 Å². The number of aryl methyl sites for hydroxylation is 1. The highest BCUT2D eigenvalue weighted by Gasteiger charge is 2.20. The molecule has 0 radical (unpaired) electrons. The summed E-state index contributed by atoms with van der Waals surface area (Å²) < 4.78 is 7.47. The number of carbonyl (C=O) groups is 1. The molecule has 130 valence electrons. The summed E-state index contributed by atoms with van der Waals surface area (Å²) in [5.74, 6) is 1.26. The van der Waals surface area contributed by atoms with E-state index in [9.17, 15) is 4.79 Å². The van der Waals surface area contributed by atoms with E-state index in [2.05, 4.69) is 22.9 Å². The lowest BCUT2D eigenvalue weighted by molar-refractivity contribution is 0.0934. The number of ether oxygens (including phenoxy) is 1. The fraction of sp³-hybridized carbons (Fsp3) is 0.300. The van der Waals surface area contributed by atoms with Gasteiger partial charge in [0.25, 0.3) is 5.91 Å². The average molecular weight is 337 g/mol. The second kappa shape index (κ2) is 7.38. The maximum absolute atomic E-state index is 12.7. The summed E-state index contributed by atoms with van der Waals surface area (Å²) in [6.45, 7) is 4.96. The zero-order valence-electron chi connectivity index (χ0n) is 14.8. The number of benzene rings is 2. The van der Waals surface area contributed by atoms with Crippen LogP contribution >= 0.6 is 0 Å². The highest BCUT2D eigenvalue weighted by Crippen LogP contribution is 2.23. The number of methoxy groups -OCH3 is 1. The van der Waals surface area contributed by atoms with Crippen LogP contribution in [0.4, 0.5) is 0 Å². The predicted molar refractivity (Wildman–Crippen MR) is 98.9 cm³/mol. The third-order valence-corrected chi connectivity index (χ3v) is 4.22. The van der Waals surface area contributed by atoms with E-state index >= 15 is 0 Å². The Morgan fingerprint density at radius 3 is 2.68 bits per heavy atom. The Morgan fingerprint density at radius 1 is 1.20 bits per heavy atom. The standard InChI is InChI=1S/C20H23N3O2/c1-4-13-23-17-11-7-6-10-16(17)22-19(23)14(2)21-20(24)15-9-5-8-12-18(15)25-3/h5-12,14H,4,13H2,1-3H3,(H,21,24). The fourth-order valence-electron chi connectivity index (χ4n) is 3.05. The van der Waals surface area contributed by atoms with Gasteiger partial charge >= 0.3 is 0 Å². The number of carbonyl (C=O) groups excluding carboxylic acids is 1. The van der Waals surface area contributed by atoms with Gasteiger partial charge in [-0.2, -0.15) is 0 Å². The van der Waals surface area contributed by atoms with Crippen molar-refractivity contribution in [2.24, 2.45) is 0 Å². The number of fused-ring (bicyclic) bond motifs is 1. The smallest absolute Gasteiger partial charge is 0.255 e. The van der Waals surface area contributed by atoms with E-state index in [1.165, 1.54) is 0 Å². The largest absolute Gasteiger partial charge is 0.496 e. The zero-order chi connectivity index (χ0) is 17.8. The van der Waals surface area contributed by atoms with Crippen molar-refractivity contribution in [2.45, 2.75) is 32.9 Å². The average Bonchev–Trinajstić information content (AvgIpc) is 3.01. The molecule has 0 bridgehead atoms. The van der Waals surface area contributed by atoms with E-state index in [1.54, 1.807) is 19.2 Å². The van der Waals surface area contributed by atoms with Gasteiger partial charge in [0, 0.05) is 6.54 Å². The highest BCUT2D eigenvalue weighted by molar-refractivity contribution is 5.97. The van der Waals surface area contributed by atoms with Crippen molar-refractivity contribution in [1.29, 1.82) is 0 Å². The summed E-state index contributed by atoms with van der Waals surface area (Å²) in [5.41, 5.74) is 2.57. The SMILES string of the molecule is CCCn1c(C(C)NC(=O)c2ccccc2OC)nc2ccccc21. The molecule has 0 saturated heterocycles. The maximum Gasteiger partial charge on any atom is 0.255 e. The van der Waals surface area contributed by atoms with Crippen LogP contribution in [0.25, 0.3) is 11.0 Å². The summed E-state index contributed by atoms with van der Waals surface area (Å²) in [6, 6.07) is 15.1. The molecule has 3 aromatic rings. The molecule has 25 heavy (non-hydrogen) atoms. The Morgan fingerprint density at radius 2 is 1.92 bits per heavy atom. The molecule has 1 heterocycles. The van der Waals surface area contributed by atoms with E-state index in [1.807, 2.05) is 37.3 Å². The molecule has 0 aliphatic heterocycles. The van der Waals surface area contributed by atoms with Crippen molar-refractivity contribution in [1.82, 2.24) is 14.9 Å². The molecule has 0 fully saturated rings. The molecule has 5 nitrogen and oxygen atoms in total. The quantitative estimate of drug-likeness (QED) is 0.741. The van der Waals surface area contributed by atoms with Crippen LogP contribution < -0.4 is 10.1 Å². The third-order valence-electron chi connectivity index (χ3n) is 4.22. The Hall–Kier alpha value is -2.82. The van der Waals surface area contributed by atoms with Crippen LogP contribution in [-0.2, 0) is 6.54 Å². The lowest BCUT2D eigenvalue weighted by Gasteiger charge is -2.17. The minimum Gasteiger partial charge on any atom is -0.496 e. The Balaban J connectivity index is 1.90. The van der Waals surface area contributed by atoms with Gasteiger partial charge < -0.3 is 14.6 Å². The highest BCUT2D eigenvalue weighted by atomic mass is 16.5. The molecule has 0 aliphatic carbocycles. The topological polar surface area (TPSA) is 56.2 Å². The first-order chi connectivity index (χ1) is 12.2. The molecule has 0 spiro atoms. The summed E-state index contributed by atoms with van der Waals surface area (Å²) in [6.07, 6.45) is 1.00. The van der Waals surface area contributed by atoms with Gasteiger partial charge in [-0.15, -0.1) is 0 Å². The molecule has 5 heteroatoms. The Kier molecular flexibility index (Phi) is 5.03. The van der Waals surface area contributed by atoms with Crippen molar-refractivity contribution in [3.8, 4) is 5.75 Å². The van der Waals surface area contributed by atoms with Gasteiger partial charge in [-0.25, -0.2) is 4.98 Å². The van der Waals surface area contributed by atoms with Crippen molar-refractivity contribution in [3.63, 3.8) is 0 Å². The van der Waals surface area contributed by atoms with Crippen LogP contribution in [0.2, 0.25) is 0 Å². The lowest BCUT2D eigenvalue weighted by atomic mass is 10.1. The van der Waals surface area contributed by atoms with Crippen molar-refractivity contribution in [3.05, 3.63) is 59.9 Å². The molecule has 0 aliphatic rings. The molecule has 1 amide bonds. The van der Waals surface area contributed by atoms with Crippen molar-refractivity contribution < 1.29 is 9.53 Å². The second-order valence-electron chi connectivity index (χ2n) is 6.01. The summed E-state index contributed by atoms with van der Waals surface area (Å²) in [5, 5.41) is 3.04. The van der Waals surface area contributed by atoms with E-state index < -0.39 is 0 Å². The number of imidazole rings is 1. The molecule has 1 aromatic heterocycles. The minimum absolute atomic E-state index is 0.167. The maximum atomic E-state index is 12.7. The normalized spacial score (nSPS) is 12.1. The first kappa shape index (κ1) is 17.0. The van der Waals surface area contributed by atoms with Crippen molar-refractivity contribution >= 4 is 16.9 Å². The second-order valence-corrected chi connectivity index (χ2v) is 6.01. The van der Waals surface area contributed by atoms with Gasteiger partial charge in [0.05, 0.1) is 29.7 Å².